The van der Waals surface area contributed by atoms with Crippen molar-refractivity contribution in [2.24, 2.45) is 0 Å². The minimum Gasteiger partial charge on any atom is -0.497 e. The van der Waals surface area contributed by atoms with E-state index in [-0.39, 0.29) is 5.69 Å². The molecule has 25 heavy (non-hydrogen) atoms. The Morgan fingerprint density at radius 2 is 2.00 bits per heavy atom. The van der Waals surface area contributed by atoms with Crippen molar-refractivity contribution in [1.82, 2.24) is 15.0 Å². The van der Waals surface area contributed by atoms with Crippen molar-refractivity contribution in [2.75, 3.05) is 12.4 Å². The lowest BCUT2D eigenvalue weighted by Crippen LogP contribution is -2.14. The maximum atomic E-state index is 12.5. The summed E-state index contributed by atoms with van der Waals surface area (Å²) in [7, 11) is 1.59. The lowest BCUT2D eigenvalue weighted by atomic mass is 10.2. The number of aromatic nitrogens is 3. The summed E-state index contributed by atoms with van der Waals surface area (Å²) in [5.74, 6) is 0.280. The number of ether oxygens (including phenoxy) is 1. The third-order valence-electron chi connectivity index (χ3n) is 3.59. The Morgan fingerprint density at radius 3 is 2.72 bits per heavy atom. The SMILES string of the molecule is COc1cccc(-n2nnc(C(=O)Nc3ccc(Cl)cc3Cl)c2C)c1. The van der Waals surface area contributed by atoms with Gasteiger partial charge in [0.05, 0.1) is 29.2 Å². The van der Waals surface area contributed by atoms with Crippen LogP contribution in [0.25, 0.3) is 5.69 Å². The molecule has 8 heteroatoms. The Hall–Kier alpha value is -2.57. The monoisotopic (exact) mass is 376 g/mol. The summed E-state index contributed by atoms with van der Waals surface area (Å²) < 4.78 is 6.78. The number of nitrogens with one attached hydrogen (secondary N) is 1. The van der Waals surface area contributed by atoms with Crippen LogP contribution in [0.2, 0.25) is 10.0 Å². The number of nitrogens with zero attached hydrogens (tertiary/aromatic N) is 3. The molecule has 6 nitrogen and oxygen atoms in total. The summed E-state index contributed by atoms with van der Waals surface area (Å²) in [6, 6.07) is 12.1. The van der Waals surface area contributed by atoms with Crippen LogP contribution in [-0.2, 0) is 0 Å². The van der Waals surface area contributed by atoms with Crippen LogP contribution in [0, 0.1) is 6.92 Å². The van der Waals surface area contributed by atoms with E-state index in [1.54, 1.807) is 43.0 Å². The zero-order chi connectivity index (χ0) is 18.0. The second-order valence-electron chi connectivity index (χ2n) is 5.22. The Morgan fingerprint density at radius 1 is 1.20 bits per heavy atom. The van der Waals surface area contributed by atoms with E-state index in [9.17, 15) is 4.79 Å². The van der Waals surface area contributed by atoms with Crippen LogP contribution < -0.4 is 10.1 Å². The van der Waals surface area contributed by atoms with Crippen LogP contribution in [0.4, 0.5) is 5.69 Å². The molecule has 0 saturated heterocycles. The standard InChI is InChI=1S/C17H14Cl2N4O2/c1-10-16(17(24)20-15-7-6-11(18)8-14(15)19)21-22-23(10)12-4-3-5-13(9-12)25-2/h3-9H,1-2H3,(H,20,24). The third-order valence-corrected chi connectivity index (χ3v) is 4.13. The van der Waals surface area contributed by atoms with Crippen molar-refractivity contribution in [1.29, 1.82) is 0 Å². The van der Waals surface area contributed by atoms with E-state index in [4.69, 9.17) is 27.9 Å². The van der Waals surface area contributed by atoms with Crippen LogP contribution >= 0.6 is 23.2 Å². The quantitative estimate of drug-likeness (QED) is 0.742. The maximum absolute atomic E-state index is 12.5. The lowest BCUT2D eigenvalue weighted by molar-refractivity contribution is 0.102. The van der Waals surface area contributed by atoms with Crippen LogP contribution in [0.5, 0.6) is 5.75 Å². The molecule has 2 aromatic carbocycles. The number of halogens is 2. The molecule has 1 heterocycles. The van der Waals surface area contributed by atoms with E-state index in [0.717, 1.165) is 5.69 Å². The highest BCUT2D eigenvalue weighted by molar-refractivity contribution is 6.36. The largest absolute Gasteiger partial charge is 0.497 e. The smallest absolute Gasteiger partial charge is 0.278 e. The Bertz CT molecular complexity index is 940. The van der Waals surface area contributed by atoms with Crippen LogP contribution in [0.3, 0.4) is 0 Å². The van der Waals surface area contributed by atoms with Gasteiger partial charge in [-0.1, -0.05) is 34.5 Å². The molecule has 0 fully saturated rings. The van der Waals surface area contributed by atoms with Crippen LogP contribution in [-0.4, -0.2) is 28.0 Å². The van der Waals surface area contributed by atoms with Gasteiger partial charge in [-0.3, -0.25) is 4.79 Å². The molecule has 1 aromatic heterocycles. The summed E-state index contributed by atoms with van der Waals surface area (Å²) >= 11 is 11.9. The van der Waals surface area contributed by atoms with Gasteiger partial charge < -0.3 is 10.1 Å². The molecule has 128 valence electrons. The second kappa shape index (κ2) is 7.13. The summed E-state index contributed by atoms with van der Waals surface area (Å²) in [6.07, 6.45) is 0. The third kappa shape index (κ3) is 3.60. The van der Waals surface area contributed by atoms with Gasteiger partial charge in [-0.25, -0.2) is 4.68 Å². The molecule has 0 atom stereocenters. The predicted molar refractivity (Wildman–Crippen MR) is 97.1 cm³/mol. The van der Waals surface area contributed by atoms with Crippen LogP contribution in [0.1, 0.15) is 16.2 Å². The average molecular weight is 377 g/mol. The number of carbonyl (C=O) groups excluding carboxylic acids is 1. The molecule has 3 rings (SSSR count). The number of anilines is 1. The van der Waals surface area contributed by atoms with E-state index < -0.39 is 5.91 Å². The van der Waals surface area contributed by atoms with Gasteiger partial charge in [0.25, 0.3) is 5.91 Å². The van der Waals surface area contributed by atoms with Gasteiger partial charge in [-0.2, -0.15) is 0 Å². The maximum Gasteiger partial charge on any atom is 0.278 e. The number of rotatable bonds is 4. The molecule has 0 aliphatic rings. The normalized spacial score (nSPS) is 10.6. The highest BCUT2D eigenvalue weighted by Gasteiger charge is 2.18. The second-order valence-corrected chi connectivity index (χ2v) is 6.06. The zero-order valence-electron chi connectivity index (χ0n) is 13.5. The molecule has 3 aromatic rings. The minimum absolute atomic E-state index is 0.203. The molecule has 1 N–H and O–H groups in total. The van der Waals surface area contributed by atoms with Gasteiger partial charge in [0, 0.05) is 11.1 Å². The van der Waals surface area contributed by atoms with Crippen molar-refractivity contribution in [3.05, 3.63) is 63.9 Å². The van der Waals surface area contributed by atoms with Gasteiger partial charge in [-0.05, 0) is 37.3 Å². The van der Waals surface area contributed by atoms with Crippen molar-refractivity contribution in [3.8, 4) is 11.4 Å². The van der Waals surface area contributed by atoms with E-state index in [2.05, 4.69) is 15.6 Å². The summed E-state index contributed by atoms with van der Waals surface area (Å²) in [6.45, 7) is 1.76. The molecule has 0 unspecified atom stereocenters. The molecular formula is C17H14Cl2N4O2. The molecule has 0 spiro atoms. The number of hydrogen-bond donors (Lipinski definition) is 1. The topological polar surface area (TPSA) is 69.0 Å². The first-order chi connectivity index (χ1) is 12.0. The van der Waals surface area contributed by atoms with Gasteiger partial charge in [0.15, 0.2) is 5.69 Å². The first kappa shape index (κ1) is 17.3. The Kier molecular flexibility index (Phi) is 4.92. The van der Waals surface area contributed by atoms with Gasteiger partial charge in [0.2, 0.25) is 0 Å². The highest BCUT2D eigenvalue weighted by Crippen LogP contribution is 2.26. The van der Waals surface area contributed by atoms with E-state index in [0.29, 0.717) is 27.2 Å². The average Bonchev–Trinajstić information content (AvgIpc) is 2.99. The van der Waals surface area contributed by atoms with Crippen molar-refractivity contribution >= 4 is 34.8 Å². The fraction of sp³-hybridized carbons (Fsp3) is 0.118. The first-order valence-corrected chi connectivity index (χ1v) is 8.08. The number of benzene rings is 2. The van der Waals surface area contributed by atoms with Crippen molar-refractivity contribution in [2.45, 2.75) is 6.92 Å². The fourth-order valence-corrected chi connectivity index (χ4v) is 2.75. The Balaban J connectivity index is 1.88. The van der Waals surface area contributed by atoms with Gasteiger partial charge >= 0.3 is 0 Å². The molecular weight excluding hydrogens is 363 g/mol. The molecule has 0 saturated carbocycles. The van der Waals surface area contributed by atoms with Crippen LogP contribution in [0.15, 0.2) is 42.5 Å². The predicted octanol–water partition coefficient (Wildman–Crippen LogP) is 4.14. The Labute approximate surface area is 154 Å². The van der Waals surface area contributed by atoms with E-state index in [1.165, 1.54) is 0 Å². The first-order valence-electron chi connectivity index (χ1n) is 7.32. The van der Waals surface area contributed by atoms with Crippen molar-refractivity contribution in [3.63, 3.8) is 0 Å². The molecule has 0 aliphatic carbocycles. The lowest BCUT2D eigenvalue weighted by Gasteiger charge is -2.07. The summed E-state index contributed by atoms with van der Waals surface area (Å²) in [4.78, 5) is 12.5. The number of methoxy groups -OCH3 is 1. The summed E-state index contributed by atoms with van der Waals surface area (Å²) in [5, 5.41) is 11.6. The zero-order valence-corrected chi connectivity index (χ0v) is 15.0. The molecule has 0 radical (unpaired) electrons. The summed E-state index contributed by atoms with van der Waals surface area (Å²) in [5.41, 5.74) is 1.99. The number of amides is 1. The minimum atomic E-state index is -0.407. The molecule has 0 aliphatic heterocycles. The van der Waals surface area contributed by atoms with Gasteiger partial charge in [-0.15, -0.1) is 5.10 Å². The molecule has 1 amide bonds. The number of hydrogen-bond acceptors (Lipinski definition) is 4. The highest BCUT2D eigenvalue weighted by atomic mass is 35.5. The van der Waals surface area contributed by atoms with Crippen molar-refractivity contribution < 1.29 is 9.53 Å². The van der Waals surface area contributed by atoms with E-state index >= 15 is 0 Å². The number of carbonyl (C=O) groups is 1. The van der Waals surface area contributed by atoms with Gasteiger partial charge in [0.1, 0.15) is 5.75 Å². The molecule has 0 bridgehead atoms. The van der Waals surface area contributed by atoms with E-state index in [1.807, 2.05) is 18.2 Å². The fourth-order valence-electron chi connectivity index (χ4n) is 2.30.